The number of hydrogen-bond donors (Lipinski definition) is 3. The van der Waals surface area contributed by atoms with E-state index >= 15 is 0 Å². The van der Waals surface area contributed by atoms with E-state index in [1.807, 2.05) is 4.98 Å². The van der Waals surface area contributed by atoms with Gasteiger partial charge >= 0.3 is 5.69 Å². The van der Waals surface area contributed by atoms with Crippen molar-refractivity contribution in [2.45, 2.75) is 0 Å². The number of halogens is 2. The quantitative estimate of drug-likeness (QED) is 0.774. The predicted octanol–water partition coefficient (Wildman–Crippen LogP) is 1.73. The van der Waals surface area contributed by atoms with E-state index in [2.05, 4.69) is 26.2 Å². The van der Waals surface area contributed by atoms with Crippen molar-refractivity contribution < 1.29 is 4.79 Å². The van der Waals surface area contributed by atoms with Crippen molar-refractivity contribution >= 4 is 39.1 Å². The van der Waals surface area contributed by atoms with Crippen molar-refractivity contribution in [1.82, 2.24) is 9.97 Å². The number of benzene rings is 1. The Morgan fingerprint density at radius 1 is 1.21 bits per heavy atom. The summed E-state index contributed by atoms with van der Waals surface area (Å²) < 4.78 is 0.623. The van der Waals surface area contributed by atoms with Gasteiger partial charge in [0.05, 0.1) is 5.69 Å². The van der Waals surface area contributed by atoms with Crippen LogP contribution in [0.15, 0.2) is 38.3 Å². The van der Waals surface area contributed by atoms with Crippen LogP contribution < -0.4 is 16.6 Å². The molecule has 1 aromatic carbocycles. The minimum atomic E-state index is -0.747. The number of aromatic amines is 2. The highest BCUT2D eigenvalue weighted by atomic mass is 79.9. The zero-order chi connectivity index (χ0) is 14.0. The van der Waals surface area contributed by atoms with Gasteiger partial charge in [-0.25, -0.2) is 4.79 Å². The Morgan fingerprint density at radius 3 is 2.63 bits per heavy atom. The first-order valence-corrected chi connectivity index (χ1v) is 6.23. The minimum Gasteiger partial charge on any atom is -0.320 e. The molecule has 0 radical (unpaired) electrons. The van der Waals surface area contributed by atoms with Crippen molar-refractivity contribution in [1.29, 1.82) is 0 Å². The molecular weight excluding hydrogens is 337 g/mol. The molecule has 0 fully saturated rings. The Morgan fingerprint density at radius 2 is 1.95 bits per heavy atom. The highest BCUT2D eigenvalue weighted by molar-refractivity contribution is 9.10. The topological polar surface area (TPSA) is 94.8 Å². The summed E-state index contributed by atoms with van der Waals surface area (Å²) in [6.45, 7) is 0. The molecule has 2 aromatic rings. The van der Waals surface area contributed by atoms with Crippen LogP contribution >= 0.6 is 27.5 Å². The fourth-order valence-corrected chi connectivity index (χ4v) is 1.89. The zero-order valence-electron chi connectivity index (χ0n) is 9.29. The molecule has 0 bridgehead atoms. The third-order valence-electron chi connectivity index (χ3n) is 2.18. The van der Waals surface area contributed by atoms with Gasteiger partial charge in [0.15, 0.2) is 0 Å². The first kappa shape index (κ1) is 13.6. The van der Waals surface area contributed by atoms with Gasteiger partial charge in [-0.15, -0.1) is 0 Å². The van der Waals surface area contributed by atoms with Gasteiger partial charge in [-0.3, -0.25) is 14.6 Å². The van der Waals surface area contributed by atoms with Crippen LogP contribution in [0.25, 0.3) is 0 Å². The molecule has 0 atom stereocenters. The summed E-state index contributed by atoms with van der Waals surface area (Å²) in [4.78, 5) is 38.3. The first-order chi connectivity index (χ1) is 8.95. The molecule has 98 valence electrons. The Balaban J connectivity index is 2.33. The maximum Gasteiger partial charge on any atom is 0.326 e. The number of carbonyl (C=O) groups is 1. The van der Waals surface area contributed by atoms with Gasteiger partial charge in [-0.05, 0) is 34.1 Å². The molecule has 1 aromatic heterocycles. The Hall–Kier alpha value is -1.86. The molecule has 0 saturated heterocycles. The summed E-state index contributed by atoms with van der Waals surface area (Å²) in [5.41, 5.74) is -1.11. The SMILES string of the molecule is O=C(Nc1cc(Cl)ccc1Br)c1cc(=O)[nH]c(=O)[nH]1. The average Bonchev–Trinajstić information content (AvgIpc) is 2.32. The number of amides is 1. The van der Waals surface area contributed by atoms with Gasteiger partial charge in [-0.2, -0.15) is 0 Å². The Bertz CT molecular complexity index is 725. The second-order valence-corrected chi connectivity index (χ2v) is 4.87. The number of hydrogen-bond acceptors (Lipinski definition) is 3. The Labute approximate surface area is 119 Å². The maximum atomic E-state index is 11.9. The van der Waals surface area contributed by atoms with Crippen molar-refractivity contribution in [2.24, 2.45) is 0 Å². The van der Waals surface area contributed by atoms with E-state index in [9.17, 15) is 14.4 Å². The van der Waals surface area contributed by atoms with Gasteiger partial charge in [0.1, 0.15) is 5.69 Å². The van der Waals surface area contributed by atoms with E-state index in [1.165, 1.54) is 6.07 Å². The molecular formula is C11H7BrClN3O3. The molecule has 19 heavy (non-hydrogen) atoms. The molecule has 0 spiro atoms. The molecule has 1 heterocycles. The maximum absolute atomic E-state index is 11.9. The molecule has 0 aliphatic heterocycles. The second-order valence-electron chi connectivity index (χ2n) is 3.58. The molecule has 0 unspecified atom stereocenters. The minimum absolute atomic E-state index is 0.138. The predicted molar refractivity (Wildman–Crippen MR) is 74.8 cm³/mol. The first-order valence-electron chi connectivity index (χ1n) is 5.06. The van der Waals surface area contributed by atoms with Gasteiger partial charge in [0.25, 0.3) is 11.5 Å². The summed E-state index contributed by atoms with van der Waals surface area (Å²) in [5, 5.41) is 2.97. The van der Waals surface area contributed by atoms with Crippen LogP contribution in [-0.4, -0.2) is 15.9 Å². The van der Waals surface area contributed by atoms with Crippen LogP contribution in [0.4, 0.5) is 5.69 Å². The van der Waals surface area contributed by atoms with Gasteiger partial charge in [0.2, 0.25) is 0 Å². The van der Waals surface area contributed by atoms with Gasteiger partial charge in [-0.1, -0.05) is 11.6 Å². The fraction of sp³-hybridized carbons (Fsp3) is 0. The van der Waals surface area contributed by atoms with Crippen molar-refractivity contribution in [3.05, 3.63) is 60.3 Å². The van der Waals surface area contributed by atoms with Crippen LogP contribution in [0, 0.1) is 0 Å². The summed E-state index contributed by atoms with van der Waals surface area (Å²) >= 11 is 9.06. The lowest BCUT2D eigenvalue weighted by atomic mass is 10.3. The van der Waals surface area contributed by atoms with Crippen LogP contribution in [0.2, 0.25) is 5.02 Å². The monoisotopic (exact) mass is 343 g/mol. The second kappa shape index (κ2) is 5.41. The van der Waals surface area contributed by atoms with E-state index in [4.69, 9.17) is 11.6 Å². The summed E-state index contributed by atoms with van der Waals surface area (Å²) in [6.07, 6.45) is 0. The summed E-state index contributed by atoms with van der Waals surface area (Å²) in [6, 6.07) is 5.85. The van der Waals surface area contributed by atoms with Crippen LogP contribution in [0.3, 0.4) is 0 Å². The number of anilines is 1. The largest absolute Gasteiger partial charge is 0.326 e. The molecule has 8 heteroatoms. The lowest BCUT2D eigenvalue weighted by Crippen LogP contribution is -2.27. The average molecular weight is 345 g/mol. The number of nitrogens with one attached hydrogen (secondary N) is 3. The van der Waals surface area contributed by atoms with Gasteiger partial charge < -0.3 is 10.3 Å². The smallest absolute Gasteiger partial charge is 0.320 e. The third-order valence-corrected chi connectivity index (χ3v) is 3.11. The fourth-order valence-electron chi connectivity index (χ4n) is 1.37. The van der Waals surface area contributed by atoms with E-state index in [0.29, 0.717) is 15.2 Å². The number of aromatic nitrogens is 2. The van der Waals surface area contributed by atoms with Crippen LogP contribution in [-0.2, 0) is 0 Å². The molecule has 6 nitrogen and oxygen atoms in total. The molecule has 3 N–H and O–H groups in total. The van der Waals surface area contributed by atoms with E-state index < -0.39 is 17.2 Å². The lowest BCUT2D eigenvalue weighted by Gasteiger charge is -2.07. The summed E-state index contributed by atoms with van der Waals surface area (Å²) in [7, 11) is 0. The van der Waals surface area contributed by atoms with Crippen molar-refractivity contribution in [2.75, 3.05) is 5.32 Å². The molecule has 1 amide bonds. The lowest BCUT2D eigenvalue weighted by molar-refractivity contribution is 0.102. The van der Waals surface area contributed by atoms with E-state index in [0.717, 1.165) is 6.07 Å². The standard InChI is InChI=1S/C11H7BrClN3O3/c12-6-2-1-5(13)3-7(6)14-10(18)8-4-9(17)16-11(19)15-8/h1-4H,(H,14,18)(H2,15,16,17,19). The highest BCUT2D eigenvalue weighted by Gasteiger charge is 2.10. The number of carbonyl (C=O) groups excluding carboxylic acids is 1. The Kier molecular flexibility index (Phi) is 3.87. The van der Waals surface area contributed by atoms with E-state index in [-0.39, 0.29) is 5.69 Å². The van der Waals surface area contributed by atoms with Crippen LogP contribution in [0.1, 0.15) is 10.5 Å². The molecule has 0 aliphatic rings. The number of H-pyrrole nitrogens is 2. The van der Waals surface area contributed by atoms with Crippen molar-refractivity contribution in [3.8, 4) is 0 Å². The van der Waals surface area contributed by atoms with Gasteiger partial charge in [0, 0.05) is 15.6 Å². The van der Waals surface area contributed by atoms with E-state index in [1.54, 1.807) is 12.1 Å². The van der Waals surface area contributed by atoms with Crippen molar-refractivity contribution in [3.63, 3.8) is 0 Å². The third kappa shape index (κ3) is 3.33. The molecule has 0 saturated carbocycles. The van der Waals surface area contributed by atoms with Crippen LogP contribution in [0.5, 0.6) is 0 Å². The summed E-state index contributed by atoms with van der Waals surface area (Å²) in [5.74, 6) is -0.619. The normalized spacial score (nSPS) is 10.2. The zero-order valence-corrected chi connectivity index (χ0v) is 11.6. The molecule has 0 aliphatic carbocycles. The molecule has 2 rings (SSSR count). The highest BCUT2D eigenvalue weighted by Crippen LogP contribution is 2.26. The number of rotatable bonds is 2.